The maximum absolute atomic E-state index is 13.4. The fourth-order valence-electron chi connectivity index (χ4n) is 5.61. The number of carbonyl (C=O) groups excluding carboxylic acids is 2. The van der Waals surface area contributed by atoms with Gasteiger partial charge in [-0.15, -0.1) is 0 Å². The molecular formula is C27H31F2N3O2. The van der Waals surface area contributed by atoms with Crippen LogP contribution in [0.5, 0.6) is 0 Å². The van der Waals surface area contributed by atoms with Gasteiger partial charge in [-0.3, -0.25) is 14.5 Å². The molecule has 3 fully saturated rings. The summed E-state index contributed by atoms with van der Waals surface area (Å²) in [6.07, 6.45) is 5.50. The van der Waals surface area contributed by atoms with Crippen molar-refractivity contribution in [3.8, 4) is 0 Å². The van der Waals surface area contributed by atoms with E-state index in [4.69, 9.17) is 0 Å². The van der Waals surface area contributed by atoms with Crippen molar-refractivity contribution < 1.29 is 18.4 Å². The predicted octanol–water partition coefficient (Wildman–Crippen LogP) is 3.47. The van der Waals surface area contributed by atoms with Crippen molar-refractivity contribution in [3.63, 3.8) is 0 Å². The van der Waals surface area contributed by atoms with Crippen LogP contribution in [0.25, 0.3) is 0 Å². The fourth-order valence-corrected chi connectivity index (χ4v) is 5.61. The van der Waals surface area contributed by atoms with Crippen molar-refractivity contribution in [2.45, 2.75) is 61.9 Å². The van der Waals surface area contributed by atoms with Gasteiger partial charge in [0, 0.05) is 37.6 Å². The first-order chi connectivity index (χ1) is 16.4. The van der Waals surface area contributed by atoms with E-state index in [1.165, 1.54) is 24.3 Å². The third kappa shape index (κ3) is 4.71. The van der Waals surface area contributed by atoms with Crippen molar-refractivity contribution in [2.24, 2.45) is 0 Å². The lowest BCUT2D eigenvalue weighted by molar-refractivity contribution is -0.124. The third-order valence-corrected chi connectivity index (χ3v) is 7.97. The second-order valence-electron chi connectivity index (χ2n) is 10.1. The monoisotopic (exact) mass is 467 g/mol. The van der Waals surface area contributed by atoms with Gasteiger partial charge < -0.3 is 10.6 Å². The van der Waals surface area contributed by atoms with Gasteiger partial charge in [-0.2, -0.15) is 0 Å². The second-order valence-corrected chi connectivity index (χ2v) is 10.1. The highest BCUT2D eigenvalue weighted by molar-refractivity contribution is 5.91. The molecule has 2 N–H and O–H groups in total. The summed E-state index contributed by atoms with van der Waals surface area (Å²) in [6, 6.07) is 12.8. The van der Waals surface area contributed by atoms with Crippen molar-refractivity contribution in [3.05, 3.63) is 71.3 Å². The summed E-state index contributed by atoms with van der Waals surface area (Å²) in [5.41, 5.74) is 1.24. The molecule has 0 radical (unpaired) electrons. The molecule has 7 heteroatoms. The number of nitrogens with zero attached hydrogens (tertiary/aromatic N) is 1. The molecule has 0 bridgehead atoms. The number of hydrogen-bond acceptors (Lipinski definition) is 3. The zero-order chi connectivity index (χ0) is 23.8. The molecule has 2 aromatic carbocycles. The summed E-state index contributed by atoms with van der Waals surface area (Å²) in [4.78, 5) is 27.4. The van der Waals surface area contributed by atoms with Crippen LogP contribution in [0.4, 0.5) is 8.78 Å². The van der Waals surface area contributed by atoms with Crippen LogP contribution in [-0.4, -0.2) is 47.9 Å². The van der Waals surface area contributed by atoms with Gasteiger partial charge in [0.25, 0.3) is 0 Å². The van der Waals surface area contributed by atoms with E-state index in [1.54, 1.807) is 24.3 Å². The van der Waals surface area contributed by atoms with E-state index in [9.17, 15) is 18.4 Å². The summed E-state index contributed by atoms with van der Waals surface area (Å²) in [7, 11) is 0. The quantitative estimate of drug-likeness (QED) is 0.656. The Morgan fingerprint density at radius 3 is 2.12 bits per heavy atom. The molecular weight excluding hydrogens is 436 g/mol. The standard InChI is InChI=1S/C27H31F2N3O2/c28-21-5-1-19(2-6-21)17-23(32-15-13-26(14-16-32)10-9-24(33)31-26)18-30-25(34)27(11-12-27)20-3-7-22(29)8-4-20/h1-8,23H,9-18H2,(H,30,34)(H,31,33). The number of piperidine rings is 1. The molecule has 34 heavy (non-hydrogen) atoms. The summed E-state index contributed by atoms with van der Waals surface area (Å²) in [5, 5.41) is 6.36. The second kappa shape index (κ2) is 9.10. The number of likely N-dealkylation sites (tertiary alicyclic amines) is 1. The van der Waals surface area contributed by atoms with E-state index >= 15 is 0 Å². The summed E-state index contributed by atoms with van der Waals surface area (Å²) < 4.78 is 26.8. The Bertz CT molecular complexity index is 1040. The van der Waals surface area contributed by atoms with E-state index in [0.29, 0.717) is 19.4 Å². The average molecular weight is 468 g/mol. The van der Waals surface area contributed by atoms with Crippen LogP contribution in [0.3, 0.4) is 0 Å². The van der Waals surface area contributed by atoms with E-state index in [0.717, 1.165) is 56.3 Å². The lowest BCUT2D eigenvalue weighted by Gasteiger charge is -2.42. The fraction of sp³-hybridized carbons (Fsp3) is 0.481. The number of rotatable bonds is 7. The van der Waals surface area contributed by atoms with Gasteiger partial charge in [-0.05, 0) is 73.9 Å². The summed E-state index contributed by atoms with van der Waals surface area (Å²) in [6.45, 7) is 2.16. The molecule has 2 aromatic rings. The molecule has 5 rings (SSSR count). The minimum absolute atomic E-state index is 0.0141. The minimum atomic E-state index is -0.561. The number of halogens is 2. The largest absolute Gasteiger partial charge is 0.354 e. The van der Waals surface area contributed by atoms with Gasteiger partial charge >= 0.3 is 0 Å². The Labute approximate surface area is 198 Å². The molecule has 2 saturated heterocycles. The topological polar surface area (TPSA) is 61.4 Å². The van der Waals surface area contributed by atoms with Crippen molar-refractivity contribution in [1.29, 1.82) is 0 Å². The SMILES string of the molecule is O=C1CCC2(CCN(C(CNC(=O)C3(c4ccc(F)cc4)CC3)Cc3ccc(F)cc3)CC2)N1. The molecule has 2 aliphatic heterocycles. The van der Waals surface area contributed by atoms with Gasteiger partial charge in [0.05, 0.1) is 5.41 Å². The number of carbonyl (C=O) groups is 2. The number of hydrogen-bond donors (Lipinski definition) is 2. The summed E-state index contributed by atoms with van der Waals surface area (Å²) >= 11 is 0. The van der Waals surface area contributed by atoms with Gasteiger partial charge in [0.2, 0.25) is 11.8 Å². The van der Waals surface area contributed by atoms with Gasteiger partial charge in [-0.25, -0.2) is 8.78 Å². The van der Waals surface area contributed by atoms with Crippen LogP contribution >= 0.6 is 0 Å². The van der Waals surface area contributed by atoms with Crippen LogP contribution in [0.1, 0.15) is 49.7 Å². The summed E-state index contributed by atoms with van der Waals surface area (Å²) in [5.74, 6) is -0.444. The van der Waals surface area contributed by atoms with Crippen molar-refractivity contribution >= 4 is 11.8 Å². The Hall–Kier alpha value is -2.80. The molecule has 5 nitrogen and oxygen atoms in total. The van der Waals surface area contributed by atoms with Crippen molar-refractivity contribution in [1.82, 2.24) is 15.5 Å². The zero-order valence-corrected chi connectivity index (χ0v) is 19.3. The predicted molar refractivity (Wildman–Crippen MR) is 125 cm³/mol. The highest BCUT2D eigenvalue weighted by Crippen LogP contribution is 2.48. The maximum Gasteiger partial charge on any atom is 0.230 e. The van der Waals surface area contributed by atoms with Crippen LogP contribution in [0.15, 0.2) is 48.5 Å². The lowest BCUT2D eigenvalue weighted by atomic mass is 9.85. The molecule has 1 unspecified atom stereocenters. The Morgan fingerprint density at radius 2 is 1.56 bits per heavy atom. The molecule has 2 amide bonds. The zero-order valence-electron chi connectivity index (χ0n) is 19.3. The van der Waals surface area contributed by atoms with E-state index in [1.807, 2.05) is 0 Å². The first-order valence-electron chi connectivity index (χ1n) is 12.2. The van der Waals surface area contributed by atoms with Gasteiger partial charge in [-0.1, -0.05) is 24.3 Å². The molecule has 0 aromatic heterocycles. The van der Waals surface area contributed by atoms with Crippen molar-refractivity contribution in [2.75, 3.05) is 19.6 Å². The van der Waals surface area contributed by atoms with Gasteiger partial charge in [0.15, 0.2) is 0 Å². The molecule has 1 atom stereocenters. The smallest absolute Gasteiger partial charge is 0.230 e. The number of nitrogens with one attached hydrogen (secondary N) is 2. The first-order valence-corrected chi connectivity index (χ1v) is 12.2. The molecule has 1 spiro atoms. The normalized spacial score (nSPS) is 21.8. The van der Waals surface area contributed by atoms with Gasteiger partial charge in [0.1, 0.15) is 11.6 Å². The minimum Gasteiger partial charge on any atom is -0.354 e. The molecule has 2 heterocycles. The lowest BCUT2D eigenvalue weighted by Crippen LogP contribution is -2.55. The number of benzene rings is 2. The van der Waals surface area contributed by atoms with E-state index in [-0.39, 0.29) is 35.0 Å². The van der Waals surface area contributed by atoms with Crippen LogP contribution in [0.2, 0.25) is 0 Å². The first kappa shape index (κ1) is 23.0. The van der Waals surface area contributed by atoms with E-state index < -0.39 is 5.41 Å². The van der Waals surface area contributed by atoms with Crippen LogP contribution in [-0.2, 0) is 21.4 Å². The maximum atomic E-state index is 13.4. The molecule has 1 aliphatic carbocycles. The number of amides is 2. The highest BCUT2D eigenvalue weighted by atomic mass is 19.1. The third-order valence-electron chi connectivity index (χ3n) is 7.97. The van der Waals surface area contributed by atoms with Crippen LogP contribution in [0, 0.1) is 11.6 Å². The molecule has 3 aliphatic rings. The van der Waals surface area contributed by atoms with Crippen LogP contribution < -0.4 is 10.6 Å². The average Bonchev–Trinajstić information content (AvgIpc) is 3.57. The van der Waals surface area contributed by atoms with E-state index in [2.05, 4.69) is 15.5 Å². The highest BCUT2D eigenvalue weighted by Gasteiger charge is 2.51. The Balaban J connectivity index is 1.27. The Kier molecular flexibility index (Phi) is 6.15. The molecule has 180 valence electrons. The Morgan fingerprint density at radius 1 is 0.941 bits per heavy atom. The molecule has 1 saturated carbocycles.